The number of ketones is 1. The summed E-state index contributed by atoms with van der Waals surface area (Å²) in [6.07, 6.45) is 2.11. The molecular weight excluding hydrogens is 214 g/mol. The van der Waals surface area contributed by atoms with Crippen LogP contribution in [0.5, 0.6) is 5.75 Å². The van der Waals surface area contributed by atoms with E-state index in [0.717, 1.165) is 18.4 Å². The number of para-hydroxylation sites is 1. The van der Waals surface area contributed by atoms with E-state index in [2.05, 4.69) is 6.07 Å². The van der Waals surface area contributed by atoms with E-state index in [1.807, 2.05) is 24.3 Å². The lowest BCUT2D eigenvalue weighted by Crippen LogP contribution is -2.24. The molecule has 0 fully saturated rings. The molecule has 1 unspecified atom stereocenters. The van der Waals surface area contributed by atoms with Gasteiger partial charge in [-0.15, -0.1) is 0 Å². The number of Topliss-reactive ketones (excluding diaryl/α,β-unsaturated/α-hetero) is 1. The fraction of sp³-hybridized carbons (Fsp3) is 0.286. The average Bonchev–Trinajstić information content (AvgIpc) is 2.36. The van der Waals surface area contributed by atoms with Gasteiger partial charge in [0.05, 0.1) is 11.6 Å². The van der Waals surface area contributed by atoms with Crippen LogP contribution in [-0.2, 0) is 4.79 Å². The first-order valence-corrected chi connectivity index (χ1v) is 5.74. The second kappa shape index (κ2) is 3.74. The summed E-state index contributed by atoms with van der Waals surface area (Å²) in [6, 6.07) is 9.68. The van der Waals surface area contributed by atoms with Gasteiger partial charge in [-0.2, -0.15) is 5.26 Å². The number of benzene rings is 1. The first-order chi connectivity index (χ1) is 8.31. The van der Waals surface area contributed by atoms with Gasteiger partial charge in [-0.25, -0.2) is 0 Å². The van der Waals surface area contributed by atoms with Crippen molar-refractivity contribution < 1.29 is 9.53 Å². The van der Waals surface area contributed by atoms with Crippen molar-refractivity contribution in [3.05, 3.63) is 41.2 Å². The smallest absolute Gasteiger partial charge is 0.163 e. The number of ether oxygens (including phenoxy) is 1. The molecule has 3 rings (SSSR count). The van der Waals surface area contributed by atoms with Gasteiger partial charge in [-0.3, -0.25) is 4.79 Å². The van der Waals surface area contributed by atoms with Crippen molar-refractivity contribution in [3.63, 3.8) is 0 Å². The van der Waals surface area contributed by atoms with E-state index >= 15 is 0 Å². The highest BCUT2D eigenvalue weighted by molar-refractivity contribution is 5.99. The van der Waals surface area contributed by atoms with E-state index in [1.165, 1.54) is 0 Å². The van der Waals surface area contributed by atoms with Gasteiger partial charge in [0.2, 0.25) is 0 Å². The van der Waals surface area contributed by atoms with Gasteiger partial charge in [0.15, 0.2) is 5.78 Å². The first kappa shape index (κ1) is 10.1. The standard InChI is InChI=1S/C14H11NO2/c15-8-10-9-4-1-2-6-12(9)17-13-7-3-5-11(16)14(10)13/h1-2,4,6,10H,3,5,7H2. The van der Waals surface area contributed by atoms with Crippen LogP contribution in [0.25, 0.3) is 0 Å². The number of hydrogen-bond donors (Lipinski definition) is 0. The number of allylic oxidation sites excluding steroid dienone is 2. The number of carbonyl (C=O) groups is 1. The van der Waals surface area contributed by atoms with Crippen molar-refractivity contribution in [1.29, 1.82) is 5.26 Å². The molecule has 84 valence electrons. The maximum Gasteiger partial charge on any atom is 0.163 e. The molecule has 1 aromatic rings. The number of nitriles is 1. The Labute approximate surface area is 99.3 Å². The summed E-state index contributed by atoms with van der Waals surface area (Å²) in [6.45, 7) is 0. The van der Waals surface area contributed by atoms with Gasteiger partial charge in [0.25, 0.3) is 0 Å². The highest BCUT2D eigenvalue weighted by atomic mass is 16.5. The lowest BCUT2D eigenvalue weighted by Gasteiger charge is -2.28. The van der Waals surface area contributed by atoms with Crippen molar-refractivity contribution in [2.75, 3.05) is 0 Å². The summed E-state index contributed by atoms with van der Waals surface area (Å²) in [5.74, 6) is 1.02. The number of fused-ring (bicyclic) bond motifs is 1. The third kappa shape index (κ3) is 1.45. The minimum atomic E-state index is -0.456. The summed E-state index contributed by atoms with van der Waals surface area (Å²) >= 11 is 0. The SMILES string of the molecule is N#CC1C2=C(CCCC2=O)Oc2ccccc21. The number of hydrogen-bond acceptors (Lipinski definition) is 3. The van der Waals surface area contributed by atoms with Gasteiger partial charge in [-0.1, -0.05) is 18.2 Å². The van der Waals surface area contributed by atoms with Gasteiger partial charge in [-0.05, 0) is 12.5 Å². The predicted octanol–water partition coefficient (Wildman–Crippen LogP) is 2.69. The van der Waals surface area contributed by atoms with E-state index in [0.29, 0.717) is 23.5 Å². The van der Waals surface area contributed by atoms with Crippen LogP contribution in [-0.4, -0.2) is 5.78 Å². The third-order valence-corrected chi connectivity index (χ3v) is 3.29. The molecule has 0 spiro atoms. The molecule has 0 saturated carbocycles. The van der Waals surface area contributed by atoms with Gasteiger partial charge >= 0.3 is 0 Å². The number of rotatable bonds is 0. The van der Waals surface area contributed by atoms with Crippen molar-refractivity contribution >= 4 is 5.78 Å². The van der Waals surface area contributed by atoms with Crippen LogP contribution in [0.2, 0.25) is 0 Å². The maximum atomic E-state index is 11.9. The second-order valence-electron chi connectivity index (χ2n) is 4.32. The fourth-order valence-corrected chi connectivity index (χ4v) is 2.50. The third-order valence-electron chi connectivity index (χ3n) is 3.29. The zero-order valence-electron chi connectivity index (χ0n) is 9.27. The quantitative estimate of drug-likeness (QED) is 0.682. The monoisotopic (exact) mass is 225 g/mol. The Bertz CT molecular complexity index is 566. The molecule has 0 aromatic heterocycles. The predicted molar refractivity (Wildman–Crippen MR) is 61.3 cm³/mol. The van der Waals surface area contributed by atoms with Gasteiger partial charge in [0.1, 0.15) is 17.4 Å². The minimum absolute atomic E-state index is 0.0623. The number of carbonyl (C=O) groups excluding carboxylic acids is 1. The molecular formula is C14H11NO2. The topological polar surface area (TPSA) is 50.1 Å². The van der Waals surface area contributed by atoms with Crippen LogP contribution < -0.4 is 4.74 Å². The molecule has 0 saturated heterocycles. The molecule has 0 radical (unpaired) electrons. The number of nitrogens with zero attached hydrogens (tertiary/aromatic N) is 1. The average molecular weight is 225 g/mol. The molecule has 1 heterocycles. The van der Waals surface area contributed by atoms with Crippen molar-refractivity contribution in [3.8, 4) is 11.8 Å². The van der Waals surface area contributed by atoms with E-state index in [1.54, 1.807) is 0 Å². The maximum absolute atomic E-state index is 11.9. The zero-order chi connectivity index (χ0) is 11.8. The van der Waals surface area contributed by atoms with E-state index in [9.17, 15) is 10.1 Å². The van der Waals surface area contributed by atoms with Crippen molar-refractivity contribution in [2.24, 2.45) is 0 Å². The summed E-state index contributed by atoms with van der Waals surface area (Å²) < 4.78 is 5.75. The Balaban J connectivity index is 2.18. The molecule has 3 heteroatoms. The van der Waals surface area contributed by atoms with Crippen LogP contribution in [0, 0.1) is 11.3 Å². The largest absolute Gasteiger partial charge is 0.461 e. The van der Waals surface area contributed by atoms with Crippen LogP contribution in [0.3, 0.4) is 0 Å². The Hall–Kier alpha value is -2.08. The molecule has 0 bridgehead atoms. The van der Waals surface area contributed by atoms with Gasteiger partial charge in [0, 0.05) is 18.4 Å². The van der Waals surface area contributed by atoms with E-state index < -0.39 is 5.92 Å². The summed E-state index contributed by atoms with van der Waals surface area (Å²) in [4.78, 5) is 11.9. The molecule has 1 aliphatic heterocycles. The highest BCUT2D eigenvalue weighted by Gasteiger charge is 2.35. The van der Waals surface area contributed by atoms with E-state index in [-0.39, 0.29) is 5.78 Å². The van der Waals surface area contributed by atoms with Crippen LogP contribution in [0.4, 0.5) is 0 Å². The fourth-order valence-electron chi connectivity index (χ4n) is 2.50. The minimum Gasteiger partial charge on any atom is -0.461 e. The Morgan fingerprint density at radius 2 is 2.12 bits per heavy atom. The highest BCUT2D eigenvalue weighted by Crippen LogP contribution is 2.42. The first-order valence-electron chi connectivity index (χ1n) is 5.74. The Morgan fingerprint density at radius 3 is 2.94 bits per heavy atom. The molecule has 0 amide bonds. The Morgan fingerprint density at radius 1 is 1.29 bits per heavy atom. The Kier molecular flexibility index (Phi) is 2.22. The molecule has 3 nitrogen and oxygen atoms in total. The van der Waals surface area contributed by atoms with Gasteiger partial charge < -0.3 is 4.74 Å². The second-order valence-corrected chi connectivity index (χ2v) is 4.32. The summed E-state index contributed by atoms with van der Waals surface area (Å²) in [5, 5.41) is 9.30. The van der Waals surface area contributed by atoms with Crippen LogP contribution in [0.1, 0.15) is 30.7 Å². The molecule has 0 N–H and O–H groups in total. The molecule has 1 aromatic carbocycles. The van der Waals surface area contributed by atoms with E-state index in [4.69, 9.17) is 4.74 Å². The molecule has 17 heavy (non-hydrogen) atoms. The molecule has 1 aliphatic carbocycles. The normalized spacial score (nSPS) is 22.3. The lowest BCUT2D eigenvalue weighted by atomic mass is 9.81. The van der Waals surface area contributed by atoms with Crippen LogP contribution in [0.15, 0.2) is 35.6 Å². The summed E-state index contributed by atoms with van der Waals surface area (Å²) in [5.41, 5.74) is 1.39. The van der Waals surface area contributed by atoms with Crippen molar-refractivity contribution in [1.82, 2.24) is 0 Å². The van der Waals surface area contributed by atoms with Crippen molar-refractivity contribution in [2.45, 2.75) is 25.2 Å². The summed E-state index contributed by atoms with van der Waals surface area (Å²) in [7, 11) is 0. The molecule has 2 aliphatic rings. The molecule has 1 atom stereocenters. The lowest BCUT2D eigenvalue weighted by molar-refractivity contribution is -0.116. The van der Waals surface area contributed by atoms with Crippen LogP contribution >= 0.6 is 0 Å². The zero-order valence-corrected chi connectivity index (χ0v) is 9.27.